The Kier molecular flexibility index (Phi) is 5.57. The first-order valence-corrected chi connectivity index (χ1v) is 6.17. The molecule has 19 heavy (non-hydrogen) atoms. The van der Waals surface area contributed by atoms with Crippen LogP contribution in [0, 0.1) is 11.3 Å². The van der Waals surface area contributed by atoms with Crippen LogP contribution in [0.15, 0.2) is 0 Å². The van der Waals surface area contributed by atoms with Gasteiger partial charge in [-0.2, -0.15) is 5.26 Å². The van der Waals surface area contributed by atoms with Crippen LogP contribution in [0.5, 0.6) is 0 Å². The Bertz CT molecular complexity index is 380. The maximum absolute atomic E-state index is 12.2. The zero-order valence-electron chi connectivity index (χ0n) is 11.2. The summed E-state index contributed by atoms with van der Waals surface area (Å²) in [5.74, 6) is -0.939. The van der Waals surface area contributed by atoms with E-state index < -0.39 is 12.1 Å². The molecule has 0 aromatic carbocycles. The van der Waals surface area contributed by atoms with E-state index in [1.54, 1.807) is 18.9 Å². The van der Waals surface area contributed by atoms with Crippen LogP contribution in [-0.2, 0) is 9.53 Å². The van der Waals surface area contributed by atoms with Crippen molar-refractivity contribution in [3.8, 4) is 6.07 Å². The van der Waals surface area contributed by atoms with Crippen molar-refractivity contribution in [3.05, 3.63) is 0 Å². The summed E-state index contributed by atoms with van der Waals surface area (Å²) in [5, 5.41) is 17.4. The van der Waals surface area contributed by atoms with Gasteiger partial charge in [0.2, 0.25) is 0 Å². The van der Waals surface area contributed by atoms with Crippen molar-refractivity contribution < 1.29 is 19.4 Å². The Morgan fingerprint density at radius 1 is 1.63 bits per heavy atom. The molecule has 0 aromatic heterocycles. The maximum Gasteiger partial charge on any atom is 0.320 e. The van der Waals surface area contributed by atoms with E-state index in [0.29, 0.717) is 13.2 Å². The van der Waals surface area contributed by atoms with Gasteiger partial charge in [0, 0.05) is 26.2 Å². The van der Waals surface area contributed by atoms with Crippen LogP contribution in [0.4, 0.5) is 4.79 Å². The zero-order chi connectivity index (χ0) is 14.4. The van der Waals surface area contributed by atoms with Gasteiger partial charge < -0.3 is 19.6 Å². The zero-order valence-corrected chi connectivity index (χ0v) is 11.2. The van der Waals surface area contributed by atoms with Gasteiger partial charge in [-0.05, 0) is 6.92 Å². The minimum Gasteiger partial charge on any atom is -0.481 e. The number of morpholine rings is 1. The number of hydrogen-bond donors (Lipinski definition) is 1. The number of nitriles is 1. The molecule has 2 amide bonds. The Morgan fingerprint density at radius 2 is 2.32 bits per heavy atom. The van der Waals surface area contributed by atoms with Crippen LogP contribution in [0.2, 0.25) is 0 Å². The average molecular weight is 269 g/mol. The van der Waals surface area contributed by atoms with Crippen molar-refractivity contribution in [3.63, 3.8) is 0 Å². The number of urea groups is 1. The molecule has 1 fully saturated rings. The number of carbonyl (C=O) groups excluding carboxylic acids is 1. The summed E-state index contributed by atoms with van der Waals surface area (Å²) in [7, 11) is 1.64. The van der Waals surface area contributed by atoms with Crippen LogP contribution in [0.25, 0.3) is 0 Å². The first kappa shape index (κ1) is 15.2. The van der Waals surface area contributed by atoms with E-state index >= 15 is 0 Å². The molecule has 0 aliphatic carbocycles. The Balaban J connectivity index is 2.56. The van der Waals surface area contributed by atoms with Crippen molar-refractivity contribution in [2.75, 3.05) is 26.7 Å². The lowest BCUT2D eigenvalue weighted by Crippen LogP contribution is -2.52. The molecule has 7 nitrogen and oxygen atoms in total. The third kappa shape index (κ3) is 4.41. The Morgan fingerprint density at radius 3 is 2.89 bits per heavy atom. The van der Waals surface area contributed by atoms with Crippen LogP contribution >= 0.6 is 0 Å². The summed E-state index contributed by atoms with van der Waals surface area (Å²) in [4.78, 5) is 25.9. The first-order chi connectivity index (χ1) is 8.95. The third-order valence-corrected chi connectivity index (χ3v) is 3.16. The number of rotatable bonds is 4. The molecule has 1 saturated heterocycles. The number of aliphatic carboxylic acids is 1. The van der Waals surface area contributed by atoms with Gasteiger partial charge in [-0.25, -0.2) is 4.79 Å². The van der Waals surface area contributed by atoms with Crippen LogP contribution in [-0.4, -0.2) is 65.8 Å². The molecule has 1 heterocycles. The third-order valence-electron chi connectivity index (χ3n) is 3.16. The van der Waals surface area contributed by atoms with E-state index in [4.69, 9.17) is 15.1 Å². The summed E-state index contributed by atoms with van der Waals surface area (Å²) in [6.07, 6.45) is -0.304. The molecule has 1 N–H and O–H groups in total. The van der Waals surface area contributed by atoms with E-state index in [2.05, 4.69) is 0 Å². The van der Waals surface area contributed by atoms with E-state index in [1.165, 1.54) is 4.90 Å². The number of hydrogen-bond acceptors (Lipinski definition) is 4. The normalized spacial score (nSPS) is 20.5. The summed E-state index contributed by atoms with van der Waals surface area (Å²) in [6.45, 7) is 2.85. The molecule has 1 aliphatic heterocycles. The molecule has 0 aromatic rings. The Labute approximate surface area is 112 Å². The van der Waals surface area contributed by atoms with Crippen molar-refractivity contribution in [1.29, 1.82) is 5.26 Å². The van der Waals surface area contributed by atoms with Crippen molar-refractivity contribution in [2.45, 2.75) is 31.9 Å². The van der Waals surface area contributed by atoms with Gasteiger partial charge in [-0.3, -0.25) is 4.79 Å². The molecule has 0 spiro atoms. The fourth-order valence-electron chi connectivity index (χ4n) is 1.89. The van der Waals surface area contributed by atoms with Gasteiger partial charge >= 0.3 is 12.0 Å². The smallest absolute Gasteiger partial charge is 0.320 e. The molecule has 7 heteroatoms. The number of carboxylic acids is 1. The van der Waals surface area contributed by atoms with Crippen LogP contribution in [0.3, 0.4) is 0 Å². The number of ether oxygens (including phenoxy) is 1. The molecule has 106 valence electrons. The molecule has 1 rings (SSSR count). The summed E-state index contributed by atoms with van der Waals surface area (Å²) in [6, 6.07) is 1.66. The van der Waals surface area contributed by atoms with E-state index in [0.717, 1.165) is 0 Å². The molecular formula is C12H19N3O4. The highest BCUT2D eigenvalue weighted by molar-refractivity contribution is 5.75. The molecule has 2 unspecified atom stereocenters. The van der Waals surface area contributed by atoms with Gasteiger partial charge in [0.15, 0.2) is 0 Å². The minimum atomic E-state index is -0.939. The summed E-state index contributed by atoms with van der Waals surface area (Å²) in [5.41, 5.74) is 0. The average Bonchev–Trinajstić information content (AvgIpc) is 2.36. The van der Waals surface area contributed by atoms with Gasteiger partial charge in [0.25, 0.3) is 0 Å². The molecular weight excluding hydrogens is 250 g/mol. The first-order valence-electron chi connectivity index (χ1n) is 6.17. The van der Waals surface area contributed by atoms with Crippen molar-refractivity contribution in [1.82, 2.24) is 9.80 Å². The van der Waals surface area contributed by atoms with Gasteiger partial charge in [-0.1, -0.05) is 0 Å². The monoisotopic (exact) mass is 269 g/mol. The lowest BCUT2D eigenvalue weighted by Gasteiger charge is -2.36. The standard InChI is InChI=1S/C12H19N3O4/c1-9(3-4-13)14(2)12(18)15-5-6-19-10(8-15)7-11(16)17/h9-10H,3,5-8H2,1-2H3,(H,16,17). The van der Waals surface area contributed by atoms with Crippen molar-refractivity contribution >= 4 is 12.0 Å². The lowest BCUT2D eigenvalue weighted by atomic mass is 10.2. The van der Waals surface area contributed by atoms with Gasteiger partial charge in [-0.15, -0.1) is 0 Å². The molecule has 0 saturated carbocycles. The highest BCUT2D eigenvalue weighted by Crippen LogP contribution is 2.12. The van der Waals surface area contributed by atoms with Gasteiger partial charge in [0.05, 0.1) is 31.6 Å². The lowest BCUT2D eigenvalue weighted by molar-refractivity contribution is -0.141. The Hall–Kier alpha value is -1.81. The highest BCUT2D eigenvalue weighted by Gasteiger charge is 2.28. The largest absolute Gasteiger partial charge is 0.481 e. The summed E-state index contributed by atoms with van der Waals surface area (Å²) < 4.78 is 5.31. The van der Waals surface area contributed by atoms with Crippen molar-refractivity contribution in [2.24, 2.45) is 0 Å². The predicted octanol–water partition coefficient (Wildman–Crippen LogP) is 0.516. The van der Waals surface area contributed by atoms with E-state index in [9.17, 15) is 9.59 Å². The number of amides is 2. The predicted molar refractivity (Wildman–Crippen MR) is 66.4 cm³/mol. The molecule has 1 aliphatic rings. The van der Waals surface area contributed by atoms with E-state index in [1.807, 2.05) is 6.07 Å². The topological polar surface area (TPSA) is 93.9 Å². The fraction of sp³-hybridized carbons (Fsp3) is 0.750. The second-order valence-electron chi connectivity index (χ2n) is 4.64. The number of carbonyl (C=O) groups is 2. The molecule has 0 radical (unpaired) electrons. The second-order valence-corrected chi connectivity index (χ2v) is 4.64. The maximum atomic E-state index is 12.2. The quantitative estimate of drug-likeness (QED) is 0.802. The number of nitrogens with zero attached hydrogens (tertiary/aromatic N) is 3. The fourth-order valence-corrected chi connectivity index (χ4v) is 1.89. The van der Waals surface area contributed by atoms with Gasteiger partial charge in [0.1, 0.15) is 0 Å². The SMILES string of the molecule is CC(CC#N)N(C)C(=O)N1CCOC(CC(=O)O)C1. The second kappa shape index (κ2) is 6.95. The van der Waals surface area contributed by atoms with Crippen LogP contribution < -0.4 is 0 Å². The van der Waals surface area contributed by atoms with Crippen LogP contribution in [0.1, 0.15) is 19.8 Å². The highest BCUT2D eigenvalue weighted by atomic mass is 16.5. The number of carboxylic acid groups (broad SMARTS) is 1. The molecule has 0 bridgehead atoms. The summed E-state index contributed by atoms with van der Waals surface area (Å²) >= 11 is 0. The van der Waals surface area contributed by atoms with E-state index in [-0.39, 0.29) is 31.5 Å². The minimum absolute atomic E-state index is 0.110. The molecule has 2 atom stereocenters.